The first-order valence-electron chi connectivity index (χ1n) is 6.85. The van der Waals surface area contributed by atoms with Gasteiger partial charge in [-0.05, 0) is 64.5 Å². The molecule has 3 N–H and O–H groups in total. The smallest absolute Gasteiger partial charge is 0.291 e. The van der Waals surface area contributed by atoms with Gasteiger partial charge in [0.1, 0.15) is 11.6 Å². The van der Waals surface area contributed by atoms with Crippen LogP contribution in [0, 0.1) is 5.82 Å². The summed E-state index contributed by atoms with van der Waals surface area (Å²) < 4.78 is 19.2. The summed E-state index contributed by atoms with van der Waals surface area (Å²) in [6.07, 6.45) is 0. The zero-order valence-electron chi connectivity index (χ0n) is 12.1. The zero-order chi connectivity index (χ0) is 17.3. The van der Waals surface area contributed by atoms with Gasteiger partial charge in [0.15, 0.2) is 5.76 Å². The molecule has 0 unspecified atom stereocenters. The predicted octanol–water partition coefficient (Wildman–Crippen LogP) is 5.34. The Kier molecular flexibility index (Phi) is 4.59. The average Bonchev–Trinajstić information content (AvgIpc) is 3.00. The molecule has 0 saturated heterocycles. The van der Waals surface area contributed by atoms with Crippen LogP contribution in [0.5, 0.6) is 0 Å². The number of nitrogen functional groups attached to an aromatic ring is 1. The molecule has 0 saturated carbocycles. The molecule has 1 amide bonds. The largest absolute Gasteiger partial charge is 0.451 e. The van der Waals surface area contributed by atoms with Crippen LogP contribution in [0.1, 0.15) is 10.6 Å². The fourth-order valence-corrected chi connectivity index (χ4v) is 2.89. The topological polar surface area (TPSA) is 68.3 Å². The summed E-state index contributed by atoms with van der Waals surface area (Å²) in [6.45, 7) is 0. The van der Waals surface area contributed by atoms with Gasteiger partial charge in [-0.1, -0.05) is 11.6 Å². The van der Waals surface area contributed by atoms with E-state index in [4.69, 9.17) is 21.8 Å². The third kappa shape index (κ3) is 3.44. The lowest BCUT2D eigenvalue weighted by Gasteiger charge is -2.06. The zero-order valence-corrected chi connectivity index (χ0v) is 14.5. The SMILES string of the molecule is Nc1ccc(NC(=O)c2ccc(-c3ccc(F)cc3Br)o2)c(Cl)c1. The molecule has 0 bridgehead atoms. The van der Waals surface area contributed by atoms with Crippen LogP contribution in [0.15, 0.2) is 57.4 Å². The van der Waals surface area contributed by atoms with Gasteiger partial charge in [0.25, 0.3) is 5.91 Å². The Balaban J connectivity index is 1.83. The van der Waals surface area contributed by atoms with Gasteiger partial charge < -0.3 is 15.5 Å². The van der Waals surface area contributed by atoms with Gasteiger partial charge in [0.2, 0.25) is 0 Å². The van der Waals surface area contributed by atoms with Gasteiger partial charge >= 0.3 is 0 Å². The van der Waals surface area contributed by atoms with Gasteiger partial charge in [-0.3, -0.25) is 4.79 Å². The summed E-state index contributed by atoms with van der Waals surface area (Å²) in [5.41, 5.74) is 7.18. The highest BCUT2D eigenvalue weighted by molar-refractivity contribution is 9.10. The monoisotopic (exact) mass is 408 g/mol. The van der Waals surface area contributed by atoms with Crippen molar-refractivity contribution in [3.63, 3.8) is 0 Å². The number of amides is 1. The molecule has 0 fully saturated rings. The van der Waals surface area contributed by atoms with E-state index in [2.05, 4.69) is 21.2 Å². The van der Waals surface area contributed by atoms with Crippen LogP contribution in [-0.4, -0.2) is 5.91 Å². The molecular formula is C17H11BrClFN2O2. The lowest BCUT2D eigenvalue weighted by Crippen LogP contribution is -2.11. The van der Waals surface area contributed by atoms with Crippen molar-refractivity contribution in [1.29, 1.82) is 0 Å². The van der Waals surface area contributed by atoms with E-state index in [1.54, 1.807) is 30.3 Å². The van der Waals surface area contributed by atoms with E-state index < -0.39 is 5.91 Å². The maximum atomic E-state index is 13.2. The summed E-state index contributed by atoms with van der Waals surface area (Å²) in [5.74, 6) is -0.274. The lowest BCUT2D eigenvalue weighted by molar-refractivity contribution is 0.0997. The van der Waals surface area contributed by atoms with Gasteiger partial charge in [-0.25, -0.2) is 4.39 Å². The van der Waals surface area contributed by atoms with E-state index >= 15 is 0 Å². The minimum absolute atomic E-state index is 0.106. The van der Waals surface area contributed by atoms with Crippen LogP contribution >= 0.6 is 27.5 Å². The maximum absolute atomic E-state index is 13.2. The van der Waals surface area contributed by atoms with Crippen molar-refractivity contribution in [2.75, 3.05) is 11.1 Å². The second-order valence-electron chi connectivity index (χ2n) is 4.98. The number of furan rings is 1. The van der Waals surface area contributed by atoms with Crippen molar-refractivity contribution in [2.45, 2.75) is 0 Å². The van der Waals surface area contributed by atoms with Gasteiger partial charge in [0.05, 0.1) is 10.7 Å². The molecule has 0 aliphatic rings. The van der Waals surface area contributed by atoms with E-state index in [0.29, 0.717) is 32.2 Å². The summed E-state index contributed by atoms with van der Waals surface area (Å²) in [6, 6.07) is 12.2. The van der Waals surface area contributed by atoms with Crippen LogP contribution in [0.25, 0.3) is 11.3 Å². The first-order chi connectivity index (χ1) is 11.4. The Morgan fingerprint density at radius 2 is 1.96 bits per heavy atom. The molecular weight excluding hydrogens is 399 g/mol. The summed E-state index contributed by atoms with van der Waals surface area (Å²) in [7, 11) is 0. The molecule has 24 heavy (non-hydrogen) atoms. The number of nitrogens with one attached hydrogen (secondary N) is 1. The number of rotatable bonds is 3. The normalized spacial score (nSPS) is 10.6. The second kappa shape index (κ2) is 6.67. The molecule has 7 heteroatoms. The molecule has 3 aromatic rings. The molecule has 0 spiro atoms. The van der Waals surface area contributed by atoms with Crippen LogP contribution in [0.3, 0.4) is 0 Å². The van der Waals surface area contributed by atoms with Gasteiger partial charge in [-0.2, -0.15) is 0 Å². The number of anilines is 2. The van der Waals surface area contributed by atoms with Crippen molar-refractivity contribution < 1.29 is 13.6 Å². The summed E-state index contributed by atoms with van der Waals surface area (Å²) >= 11 is 9.30. The Hall–Kier alpha value is -2.31. The predicted molar refractivity (Wildman–Crippen MR) is 95.6 cm³/mol. The Bertz CT molecular complexity index is 927. The Morgan fingerprint density at radius 3 is 2.67 bits per heavy atom. The number of hydrogen-bond donors (Lipinski definition) is 2. The highest BCUT2D eigenvalue weighted by atomic mass is 79.9. The van der Waals surface area contributed by atoms with E-state index in [1.165, 1.54) is 18.2 Å². The molecule has 0 atom stereocenters. The standard InChI is InChI=1S/C17H11BrClFN2O2/c18-12-7-9(20)1-3-11(12)15-5-6-16(24-15)17(23)22-14-4-2-10(21)8-13(14)19/h1-8H,21H2,(H,22,23). The van der Waals surface area contributed by atoms with Gasteiger partial charge in [-0.15, -0.1) is 0 Å². The number of hydrogen-bond acceptors (Lipinski definition) is 3. The van der Waals surface area contributed by atoms with Crippen molar-refractivity contribution in [1.82, 2.24) is 0 Å². The highest BCUT2D eigenvalue weighted by Crippen LogP contribution is 2.31. The van der Waals surface area contributed by atoms with Crippen molar-refractivity contribution in [2.24, 2.45) is 0 Å². The second-order valence-corrected chi connectivity index (χ2v) is 6.24. The summed E-state index contributed by atoms with van der Waals surface area (Å²) in [5, 5.41) is 2.98. The number of carbonyl (C=O) groups excluding carboxylic acids is 1. The third-order valence-corrected chi connectivity index (χ3v) is 4.24. The molecule has 1 aromatic heterocycles. The molecule has 3 rings (SSSR count). The number of benzene rings is 2. The van der Waals surface area contributed by atoms with Crippen molar-refractivity contribution in [3.05, 3.63) is 69.6 Å². The molecule has 0 radical (unpaired) electrons. The van der Waals surface area contributed by atoms with E-state index in [-0.39, 0.29) is 11.6 Å². The number of halogens is 3. The molecule has 122 valence electrons. The molecule has 1 heterocycles. The quantitative estimate of drug-likeness (QED) is 0.574. The fraction of sp³-hybridized carbons (Fsp3) is 0. The van der Waals surface area contributed by atoms with E-state index in [1.807, 2.05) is 0 Å². The first-order valence-corrected chi connectivity index (χ1v) is 8.03. The van der Waals surface area contributed by atoms with Crippen LogP contribution in [0.4, 0.5) is 15.8 Å². The van der Waals surface area contributed by atoms with Crippen LogP contribution in [-0.2, 0) is 0 Å². The lowest BCUT2D eigenvalue weighted by atomic mass is 10.2. The fourth-order valence-electron chi connectivity index (χ4n) is 2.11. The number of carbonyl (C=O) groups is 1. The Labute approximate surface area is 150 Å². The molecule has 0 aliphatic heterocycles. The minimum atomic E-state index is -0.453. The van der Waals surface area contributed by atoms with E-state index in [9.17, 15) is 9.18 Å². The average molecular weight is 410 g/mol. The number of nitrogens with two attached hydrogens (primary N) is 1. The highest BCUT2D eigenvalue weighted by Gasteiger charge is 2.15. The minimum Gasteiger partial charge on any atom is -0.451 e. The Morgan fingerprint density at radius 1 is 1.17 bits per heavy atom. The third-order valence-electron chi connectivity index (χ3n) is 3.27. The van der Waals surface area contributed by atoms with Gasteiger partial charge in [0, 0.05) is 15.7 Å². The van der Waals surface area contributed by atoms with E-state index in [0.717, 1.165) is 0 Å². The molecule has 0 aliphatic carbocycles. The van der Waals surface area contributed by atoms with Crippen molar-refractivity contribution >= 4 is 44.8 Å². The first kappa shape index (κ1) is 16.5. The van der Waals surface area contributed by atoms with Crippen LogP contribution in [0.2, 0.25) is 5.02 Å². The van der Waals surface area contributed by atoms with Crippen molar-refractivity contribution in [3.8, 4) is 11.3 Å². The molecule has 2 aromatic carbocycles. The molecule has 4 nitrogen and oxygen atoms in total. The summed E-state index contributed by atoms with van der Waals surface area (Å²) in [4.78, 5) is 12.3. The van der Waals surface area contributed by atoms with Crippen LogP contribution < -0.4 is 11.1 Å². The maximum Gasteiger partial charge on any atom is 0.291 e.